The summed E-state index contributed by atoms with van der Waals surface area (Å²) in [7, 11) is 0. The number of urea groups is 1. The van der Waals surface area contributed by atoms with Crippen LogP contribution in [0.25, 0.3) is 0 Å². The summed E-state index contributed by atoms with van der Waals surface area (Å²) in [6, 6.07) is 6.32. The number of amides is 2. The zero-order valence-corrected chi connectivity index (χ0v) is 13.1. The molecule has 0 saturated carbocycles. The van der Waals surface area contributed by atoms with E-state index in [1.165, 1.54) is 24.3 Å². The largest absolute Gasteiger partial charge is 0.573 e. The van der Waals surface area contributed by atoms with E-state index in [-0.39, 0.29) is 27.2 Å². The number of hydrogen-bond donors (Lipinski definition) is 3. The molecule has 3 N–H and O–H groups in total. The van der Waals surface area contributed by atoms with Gasteiger partial charge < -0.3 is 20.5 Å². The van der Waals surface area contributed by atoms with Crippen LogP contribution >= 0.6 is 23.2 Å². The summed E-state index contributed by atoms with van der Waals surface area (Å²) in [5.41, 5.74) is 0.177. The highest BCUT2D eigenvalue weighted by atomic mass is 35.5. The van der Waals surface area contributed by atoms with Crippen molar-refractivity contribution in [3.8, 4) is 11.5 Å². The van der Waals surface area contributed by atoms with Gasteiger partial charge in [0.1, 0.15) is 5.75 Å². The number of nitrogens with one attached hydrogen (secondary N) is 2. The molecular formula is C14H9Cl2F3N2O3. The SMILES string of the molecule is O=C(Nc1ccc(OC(F)(F)F)cc1)Nc1cc(Cl)cc(Cl)c1O. The van der Waals surface area contributed by atoms with E-state index < -0.39 is 18.1 Å². The number of carbonyl (C=O) groups excluding carboxylic acids is 1. The normalized spacial score (nSPS) is 11.0. The fourth-order valence-corrected chi connectivity index (χ4v) is 2.18. The van der Waals surface area contributed by atoms with Crippen molar-refractivity contribution in [2.45, 2.75) is 6.36 Å². The van der Waals surface area contributed by atoms with E-state index >= 15 is 0 Å². The Balaban J connectivity index is 2.03. The van der Waals surface area contributed by atoms with E-state index in [0.717, 1.165) is 12.1 Å². The lowest BCUT2D eigenvalue weighted by atomic mass is 10.3. The molecule has 0 radical (unpaired) electrons. The second-order valence-corrected chi connectivity index (χ2v) is 5.28. The molecule has 0 unspecified atom stereocenters. The number of phenols is 1. The van der Waals surface area contributed by atoms with Crippen molar-refractivity contribution in [3.05, 3.63) is 46.4 Å². The lowest BCUT2D eigenvalue weighted by Crippen LogP contribution is -2.20. The van der Waals surface area contributed by atoms with Crippen LogP contribution < -0.4 is 15.4 Å². The first-order valence-corrected chi connectivity index (χ1v) is 7.01. The van der Waals surface area contributed by atoms with Crippen molar-refractivity contribution in [3.63, 3.8) is 0 Å². The van der Waals surface area contributed by atoms with Crippen LogP contribution in [0, 0.1) is 0 Å². The Labute approximate surface area is 143 Å². The molecule has 2 rings (SSSR count). The highest BCUT2D eigenvalue weighted by Gasteiger charge is 2.30. The van der Waals surface area contributed by atoms with Gasteiger partial charge in [-0.15, -0.1) is 13.2 Å². The van der Waals surface area contributed by atoms with Crippen molar-refractivity contribution >= 4 is 40.6 Å². The van der Waals surface area contributed by atoms with Crippen LogP contribution in [0.2, 0.25) is 10.0 Å². The van der Waals surface area contributed by atoms with E-state index in [2.05, 4.69) is 15.4 Å². The predicted molar refractivity (Wildman–Crippen MR) is 83.9 cm³/mol. The first-order valence-electron chi connectivity index (χ1n) is 6.26. The number of ether oxygens (including phenoxy) is 1. The number of halogens is 5. The number of carbonyl (C=O) groups is 1. The van der Waals surface area contributed by atoms with Crippen molar-refractivity contribution in [1.29, 1.82) is 0 Å². The lowest BCUT2D eigenvalue weighted by Gasteiger charge is -2.12. The number of benzene rings is 2. The monoisotopic (exact) mass is 380 g/mol. The molecule has 0 aliphatic rings. The quantitative estimate of drug-likeness (QED) is 0.637. The molecule has 128 valence electrons. The van der Waals surface area contributed by atoms with Crippen molar-refractivity contribution in [2.24, 2.45) is 0 Å². The van der Waals surface area contributed by atoms with E-state index in [1.54, 1.807) is 0 Å². The van der Waals surface area contributed by atoms with Crippen LogP contribution in [0.1, 0.15) is 0 Å². The number of phenolic OH excluding ortho intramolecular Hbond substituents is 1. The minimum absolute atomic E-state index is 0.0259. The third kappa shape index (κ3) is 5.10. The van der Waals surface area contributed by atoms with Crippen LogP contribution in [-0.4, -0.2) is 17.5 Å². The minimum Gasteiger partial charge on any atom is -0.504 e. The zero-order chi connectivity index (χ0) is 17.9. The Hall–Kier alpha value is -2.32. The second kappa shape index (κ2) is 7.06. The number of rotatable bonds is 3. The van der Waals surface area contributed by atoms with Crippen LogP contribution in [0.3, 0.4) is 0 Å². The Bertz CT molecular complexity index is 752. The topological polar surface area (TPSA) is 70.6 Å². The first-order chi connectivity index (χ1) is 11.1. The first kappa shape index (κ1) is 18.0. The highest BCUT2D eigenvalue weighted by Crippen LogP contribution is 2.35. The van der Waals surface area contributed by atoms with Gasteiger partial charge in [0.05, 0.1) is 10.7 Å². The molecule has 10 heteroatoms. The third-order valence-electron chi connectivity index (χ3n) is 2.62. The van der Waals surface area contributed by atoms with Crippen LogP contribution in [0.5, 0.6) is 11.5 Å². The summed E-state index contributed by atoms with van der Waals surface area (Å²) >= 11 is 11.5. The molecule has 0 heterocycles. The summed E-state index contributed by atoms with van der Waals surface area (Å²) in [5.74, 6) is -0.794. The fraction of sp³-hybridized carbons (Fsp3) is 0.0714. The minimum atomic E-state index is -4.80. The van der Waals surface area contributed by atoms with Crippen LogP contribution in [-0.2, 0) is 0 Å². The van der Waals surface area contributed by atoms with E-state index in [4.69, 9.17) is 23.2 Å². The molecule has 2 aromatic rings. The molecule has 0 bridgehead atoms. The van der Waals surface area contributed by atoms with Gasteiger partial charge in [-0.25, -0.2) is 4.79 Å². The van der Waals surface area contributed by atoms with Crippen LogP contribution in [0.4, 0.5) is 29.3 Å². The molecule has 2 amide bonds. The fourth-order valence-electron chi connectivity index (χ4n) is 1.69. The summed E-state index contributed by atoms with van der Waals surface area (Å²) in [6.45, 7) is 0. The molecule has 0 aliphatic heterocycles. The predicted octanol–water partition coefficient (Wildman–Crippen LogP) is 5.24. The van der Waals surface area contributed by atoms with Gasteiger partial charge >= 0.3 is 12.4 Å². The molecule has 0 aromatic heterocycles. The number of hydrogen-bond acceptors (Lipinski definition) is 3. The zero-order valence-electron chi connectivity index (χ0n) is 11.6. The Kier molecular flexibility index (Phi) is 5.30. The Morgan fingerprint density at radius 2 is 1.71 bits per heavy atom. The summed E-state index contributed by atoms with van der Waals surface area (Å²) < 4.78 is 39.9. The molecule has 0 aliphatic carbocycles. The van der Waals surface area contributed by atoms with Gasteiger partial charge in [0, 0.05) is 10.7 Å². The van der Waals surface area contributed by atoms with Crippen molar-refractivity contribution in [1.82, 2.24) is 0 Å². The van der Waals surface area contributed by atoms with Gasteiger partial charge in [-0.05, 0) is 36.4 Å². The number of anilines is 2. The van der Waals surface area contributed by atoms with Gasteiger partial charge in [0.15, 0.2) is 5.75 Å². The van der Waals surface area contributed by atoms with Crippen LogP contribution in [0.15, 0.2) is 36.4 Å². The Morgan fingerprint density at radius 1 is 1.08 bits per heavy atom. The molecule has 24 heavy (non-hydrogen) atoms. The highest BCUT2D eigenvalue weighted by molar-refractivity contribution is 6.36. The molecular weight excluding hydrogens is 372 g/mol. The van der Waals surface area contributed by atoms with Crippen molar-refractivity contribution in [2.75, 3.05) is 10.6 Å². The number of aromatic hydroxyl groups is 1. The standard InChI is InChI=1S/C14H9Cl2F3N2O3/c15-7-5-10(16)12(22)11(6-7)21-13(23)20-8-1-3-9(4-2-8)24-14(17,18)19/h1-6,22H,(H2,20,21,23). The van der Waals surface area contributed by atoms with E-state index in [9.17, 15) is 23.1 Å². The summed E-state index contributed by atoms with van der Waals surface area (Å²) in [4.78, 5) is 11.8. The van der Waals surface area contributed by atoms with Gasteiger partial charge in [-0.3, -0.25) is 0 Å². The van der Waals surface area contributed by atoms with Crippen molar-refractivity contribution < 1.29 is 27.8 Å². The number of alkyl halides is 3. The van der Waals surface area contributed by atoms with Gasteiger partial charge in [0.2, 0.25) is 0 Å². The molecule has 0 spiro atoms. The maximum Gasteiger partial charge on any atom is 0.573 e. The average molecular weight is 381 g/mol. The lowest BCUT2D eigenvalue weighted by molar-refractivity contribution is -0.274. The second-order valence-electron chi connectivity index (χ2n) is 4.44. The molecule has 0 saturated heterocycles. The van der Waals surface area contributed by atoms with Gasteiger partial charge in [-0.1, -0.05) is 23.2 Å². The molecule has 5 nitrogen and oxygen atoms in total. The maximum absolute atomic E-state index is 12.1. The third-order valence-corrected chi connectivity index (χ3v) is 3.13. The summed E-state index contributed by atoms with van der Waals surface area (Å²) in [6.07, 6.45) is -4.80. The van der Waals surface area contributed by atoms with E-state index in [1.807, 2.05) is 0 Å². The average Bonchev–Trinajstić information content (AvgIpc) is 2.45. The maximum atomic E-state index is 12.1. The van der Waals surface area contributed by atoms with Gasteiger partial charge in [0.25, 0.3) is 0 Å². The smallest absolute Gasteiger partial charge is 0.504 e. The summed E-state index contributed by atoms with van der Waals surface area (Å²) in [5, 5.41) is 14.5. The molecule has 0 atom stereocenters. The van der Waals surface area contributed by atoms with E-state index in [0.29, 0.717) is 0 Å². The molecule has 2 aromatic carbocycles. The van der Waals surface area contributed by atoms with Gasteiger partial charge in [-0.2, -0.15) is 0 Å². The molecule has 0 fully saturated rings. The Morgan fingerprint density at radius 3 is 2.29 bits per heavy atom.